The molecule has 2 aromatic heterocycles. The van der Waals surface area contributed by atoms with Crippen LogP contribution in [-0.4, -0.2) is 15.4 Å². The number of aryl methyl sites for hydroxylation is 1. The summed E-state index contributed by atoms with van der Waals surface area (Å²) in [7, 11) is 0. The van der Waals surface area contributed by atoms with Gasteiger partial charge in [0.1, 0.15) is 5.65 Å². The van der Waals surface area contributed by atoms with Gasteiger partial charge in [0.2, 0.25) is 0 Å². The molecule has 0 radical (unpaired) electrons. The lowest BCUT2D eigenvalue weighted by Crippen LogP contribution is -2.19. The lowest BCUT2D eigenvalue weighted by atomic mass is 10.3. The molecule has 0 aliphatic heterocycles. The van der Waals surface area contributed by atoms with Crippen molar-refractivity contribution in [2.75, 3.05) is 10.6 Å². The summed E-state index contributed by atoms with van der Waals surface area (Å²) < 4.78 is 1.87. The summed E-state index contributed by atoms with van der Waals surface area (Å²) in [6, 6.07) is 10.3. The van der Waals surface area contributed by atoms with Gasteiger partial charge in [-0.15, -0.1) is 0 Å². The number of urea groups is 1. The number of benzene rings is 1. The standard InChI is InChI=1S/C15H13ClN4O/c1-10-8-20-9-13(6-7-14(20)17-10)19-15(21)18-12-4-2-11(16)3-5-12/h2-9H,1H3,(H2,18,19,21). The first-order valence-corrected chi connectivity index (χ1v) is 6.77. The fourth-order valence-corrected chi connectivity index (χ4v) is 2.15. The van der Waals surface area contributed by atoms with E-state index in [1.54, 1.807) is 24.3 Å². The third-order valence-corrected chi connectivity index (χ3v) is 3.18. The number of carbonyl (C=O) groups excluding carboxylic acids is 1. The fourth-order valence-electron chi connectivity index (χ4n) is 2.02. The highest BCUT2D eigenvalue weighted by Gasteiger charge is 2.04. The van der Waals surface area contributed by atoms with Gasteiger partial charge >= 0.3 is 6.03 Å². The van der Waals surface area contributed by atoms with Crippen molar-refractivity contribution in [2.45, 2.75) is 6.92 Å². The number of carbonyl (C=O) groups is 1. The monoisotopic (exact) mass is 300 g/mol. The number of halogens is 1. The number of hydrogen-bond acceptors (Lipinski definition) is 2. The second kappa shape index (κ2) is 5.46. The predicted octanol–water partition coefficient (Wildman–Crippen LogP) is 3.94. The summed E-state index contributed by atoms with van der Waals surface area (Å²) in [4.78, 5) is 16.3. The molecule has 3 rings (SSSR count). The smallest absolute Gasteiger partial charge is 0.308 e. The Kier molecular flexibility index (Phi) is 3.50. The number of nitrogens with one attached hydrogen (secondary N) is 2. The Morgan fingerprint density at radius 3 is 2.48 bits per heavy atom. The number of nitrogens with zero attached hydrogens (tertiary/aromatic N) is 2. The van der Waals surface area contributed by atoms with Gasteiger partial charge in [0.25, 0.3) is 0 Å². The number of rotatable bonds is 2. The average Bonchev–Trinajstić information content (AvgIpc) is 2.80. The van der Waals surface area contributed by atoms with Crippen LogP contribution in [0.4, 0.5) is 16.2 Å². The van der Waals surface area contributed by atoms with Gasteiger partial charge in [-0.05, 0) is 43.3 Å². The first-order chi connectivity index (χ1) is 10.1. The van der Waals surface area contributed by atoms with Gasteiger partial charge in [-0.3, -0.25) is 0 Å². The van der Waals surface area contributed by atoms with Crippen LogP contribution >= 0.6 is 11.6 Å². The first kappa shape index (κ1) is 13.5. The number of anilines is 2. The van der Waals surface area contributed by atoms with Crippen LogP contribution in [0.1, 0.15) is 5.69 Å². The third-order valence-electron chi connectivity index (χ3n) is 2.93. The molecule has 0 bridgehead atoms. The molecule has 0 unspecified atom stereocenters. The molecule has 2 amide bonds. The van der Waals surface area contributed by atoms with Gasteiger partial charge < -0.3 is 15.0 Å². The molecule has 0 atom stereocenters. The topological polar surface area (TPSA) is 58.4 Å². The van der Waals surface area contributed by atoms with Crippen molar-refractivity contribution in [1.29, 1.82) is 0 Å². The van der Waals surface area contributed by atoms with Gasteiger partial charge in [-0.25, -0.2) is 9.78 Å². The molecule has 0 aliphatic rings. The van der Waals surface area contributed by atoms with Crippen molar-refractivity contribution in [3.8, 4) is 0 Å². The molecule has 21 heavy (non-hydrogen) atoms. The summed E-state index contributed by atoms with van der Waals surface area (Å²) in [5, 5.41) is 6.14. The SMILES string of the molecule is Cc1cn2cc(NC(=O)Nc3ccc(Cl)cc3)ccc2n1. The van der Waals surface area contributed by atoms with E-state index >= 15 is 0 Å². The Labute approximate surface area is 126 Å². The van der Waals surface area contributed by atoms with E-state index in [2.05, 4.69) is 15.6 Å². The number of hydrogen-bond donors (Lipinski definition) is 2. The van der Waals surface area contributed by atoms with Crippen LogP contribution in [-0.2, 0) is 0 Å². The zero-order valence-electron chi connectivity index (χ0n) is 11.3. The van der Waals surface area contributed by atoms with E-state index in [4.69, 9.17) is 11.6 Å². The normalized spacial score (nSPS) is 10.6. The van der Waals surface area contributed by atoms with E-state index in [-0.39, 0.29) is 6.03 Å². The number of aromatic nitrogens is 2. The van der Waals surface area contributed by atoms with Crippen LogP contribution in [0.25, 0.3) is 5.65 Å². The maximum absolute atomic E-state index is 11.9. The minimum Gasteiger partial charge on any atom is -0.308 e. The largest absolute Gasteiger partial charge is 0.323 e. The van der Waals surface area contributed by atoms with E-state index in [9.17, 15) is 4.79 Å². The Hall–Kier alpha value is -2.53. The van der Waals surface area contributed by atoms with E-state index < -0.39 is 0 Å². The lowest BCUT2D eigenvalue weighted by Gasteiger charge is -2.08. The molecule has 0 aliphatic carbocycles. The van der Waals surface area contributed by atoms with E-state index in [0.29, 0.717) is 16.4 Å². The fraction of sp³-hybridized carbons (Fsp3) is 0.0667. The molecule has 5 nitrogen and oxygen atoms in total. The van der Waals surface area contributed by atoms with E-state index in [0.717, 1.165) is 11.3 Å². The van der Waals surface area contributed by atoms with Gasteiger partial charge in [0.05, 0.1) is 11.4 Å². The highest BCUT2D eigenvalue weighted by atomic mass is 35.5. The Morgan fingerprint density at radius 1 is 1.05 bits per heavy atom. The second-order valence-corrected chi connectivity index (χ2v) is 5.09. The number of pyridine rings is 1. The minimum atomic E-state index is -0.312. The van der Waals surface area contributed by atoms with Crippen molar-refractivity contribution in [3.05, 3.63) is 59.5 Å². The highest BCUT2D eigenvalue weighted by molar-refractivity contribution is 6.30. The molecule has 106 valence electrons. The molecule has 3 aromatic rings. The Balaban J connectivity index is 1.71. The molecule has 0 saturated carbocycles. The van der Waals surface area contributed by atoms with Gasteiger partial charge in [-0.1, -0.05) is 11.6 Å². The van der Waals surface area contributed by atoms with Crippen molar-refractivity contribution in [2.24, 2.45) is 0 Å². The van der Waals surface area contributed by atoms with Crippen LogP contribution in [0.2, 0.25) is 5.02 Å². The summed E-state index contributed by atoms with van der Waals surface area (Å²) in [6.07, 6.45) is 3.72. The van der Waals surface area contributed by atoms with Gasteiger partial charge in [0, 0.05) is 23.1 Å². The van der Waals surface area contributed by atoms with Gasteiger partial charge in [0.15, 0.2) is 0 Å². The Morgan fingerprint density at radius 2 is 1.71 bits per heavy atom. The molecule has 2 heterocycles. The summed E-state index contributed by atoms with van der Waals surface area (Å²) in [5.74, 6) is 0. The van der Waals surface area contributed by atoms with Crippen molar-refractivity contribution < 1.29 is 4.79 Å². The molecule has 0 spiro atoms. The van der Waals surface area contributed by atoms with Crippen molar-refractivity contribution in [1.82, 2.24) is 9.38 Å². The number of imidazole rings is 1. The average molecular weight is 301 g/mol. The lowest BCUT2D eigenvalue weighted by molar-refractivity contribution is 0.262. The van der Waals surface area contributed by atoms with Crippen LogP contribution in [0.5, 0.6) is 0 Å². The van der Waals surface area contributed by atoms with Crippen LogP contribution < -0.4 is 10.6 Å². The molecule has 6 heteroatoms. The first-order valence-electron chi connectivity index (χ1n) is 6.39. The molecule has 0 fully saturated rings. The molecular weight excluding hydrogens is 288 g/mol. The number of amides is 2. The van der Waals surface area contributed by atoms with Crippen LogP contribution in [0.15, 0.2) is 48.8 Å². The zero-order valence-corrected chi connectivity index (χ0v) is 12.1. The summed E-state index contributed by atoms with van der Waals surface area (Å²) in [5.41, 5.74) is 3.14. The molecular formula is C15H13ClN4O. The van der Waals surface area contributed by atoms with Gasteiger partial charge in [-0.2, -0.15) is 0 Å². The van der Waals surface area contributed by atoms with Crippen LogP contribution in [0, 0.1) is 6.92 Å². The summed E-state index contributed by atoms with van der Waals surface area (Å²) >= 11 is 5.80. The molecule has 1 aromatic carbocycles. The minimum absolute atomic E-state index is 0.312. The van der Waals surface area contributed by atoms with E-state index in [1.807, 2.05) is 35.9 Å². The quantitative estimate of drug-likeness (QED) is 0.753. The molecule has 0 saturated heterocycles. The zero-order chi connectivity index (χ0) is 14.8. The second-order valence-electron chi connectivity index (χ2n) is 4.65. The van der Waals surface area contributed by atoms with E-state index in [1.165, 1.54) is 0 Å². The highest BCUT2D eigenvalue weighted by Crippen LogP contribution is 2.15. The van der Waals surface area contributed by atoms with Crippen molar-refractivity contribution in [3.63, 3.8) is 0 Å². The summed E-state index contributed by atoms with van der Waals surface area (Å²) in [6.45, 7) is 1.92. The predicted molar refractivity (Wildman–Crippen MR) is 84.0 cm³/mol. The third kappa shape index (κ3) is 3.14. The Bertz CT molecular complexity index is 795. The maximum Gasteiger partial charge on any atom is 0.323 e. The maximum atomic E-state index is 11.9. The molecule has 2 N–H and O–H groups in total. The number of fused-ring (bicyclic) bond motifs is 1. The van der Waals surface area contributed by atoms with Crippen molar-refractivity contribution >= 4 is 34.7 Å². The van der Waals surface area contributed by atoms with Crippen LogP contribution in [0.3, 0.4) is 0 Å².